The smallest absolute Gasteiger partial charge is 0.227 e. The van der Waals surface area contributed by atoms with Gasteiger partial charge in [0.1, 0.15) is 11.6 Å². The second kappa shape index (κ2) is 20.0. The summed E-state index contributed by atoms with van der Waals surface area (Å²) in [6.07, 6.45) is 8.01. The monoisotopic (exact) mass is 865 g/mol. The van der Waals surface area contributed by atoms with Crippen LogP contribution < -0.4 is 31.3 Å². The Hall–Kier alpha value is -8.06. The molecule has 0 saturated carbocycles. The van der Waals surface area contributed by atoms with Crippen molar-refractivity contribution in [3.63, 3.8) is 0 Å². The third kappa shape index (κ3) is 9.35. The molecule has 4 aromatic heterocycles. The van der Waals surface area contributed by atoms with Crippen LogP contribution in [0.3, 0.4) is 0 Å². The third-order valence-corrected chi connectivity index (χ3v) is 11.3. The lowest BCUT2D eigenvalue weighted by molar-refractivity contribution is -0.129. The Labute approximate surface area is 377 Å². The van der Waals surface area contributed by atoms with Gasteiger partial charge in [0.25, 0.3) is 0 Å². The highest BCUT2D eigenvalue weighted by Crippen LogP contribution is 2.34. The standard InChI is InChI=1S/C26H25N5O2.C24H20N4O2.C2H6/c1-19(32)29-12-14-30(15-13-29)23-18-27-17-22-24(33)16-25(28-20-8-4-2-5-9-20)31(26(22)23)21-10-6-3-7-11-21;29-21-14-22(26-17-8-3-1-4-9-17)28(18-10-5-2-6-11-18)24-19(21)15-25-16-20(24)27-13-7-12-23(27)30;1-2/h2-11,16-18,28H,12-15H2,1H3;1-6,8-11,14-16,26H,7,12-13H2;1-2H3. The van der Waals surface area contributed by atoms with E-state index in [1.54, 1.807) is 42.5 Å². The van der Waals surface area contributed by atoms with Crippen LogP contribution in [0.5, 0.6) is 0 Å². The molecule has 0 unspecified atom stereocenters. The summed E-state index contributed by atoms with van der Waals surface area (Å²) in [5.74, 6) is 1.45. The Balaban J connectivity index is 0.000000171. The number of piperazine rings is 1. The lowest BCUT2D eigenvalue weighted by Gasteiger charge is -2.36. The number of amides is 2. The fourth-order valence-electron chi connectivity index (χ4n) is 8.30. The van der Waals surface area contributed by atoms with E-state index in [0.29, 0.717) is 72.8 Å². The number of anilines is 6. The van der Waals surface area contributed by atoms with Crippen molar-refractivity contribution in [1.29, 1.82) is 0 Å². The largest absolute Gasteiger partial charge is 0.365 e. The fraction of sp³-hybridized carbons (Fsp3) is 0.192. The molecule has 8 aromatic rings. The van der Waals surface area contributed by atoms with E-state index in [1.807, 2.05) is 151 Å². The van der Waals surface area contributed by atoms with Crippen LogP contribution in [0.4, 0.5) is 34.4 Å². The lowest BCUT2D eigenvalue weighted by Crippen LogP contribution is -2.48. The Morgan fingerprint density at radius 1 is 0.538 bits per heavy atom. The van der Waals surface area contributed by atoms with Crippen molar-refractivity contribution >= 4 is 68.0 Å². The molecule has 0 atom stereocenters. The first-order chi connectivity index (χ1) is 31.8. The molecule has 2 aliphatic rings. The number of pyridine rings is 4. The minimum Gasteiger partial charge on any atom is -0.365 e. The highest BCUT2D eigenvalue weighted by molar-refractivity contribution is 6.04. The van der Waals surface area contributed by atoms with Crippen molar-refractivity contribution in [2.45, 2.75) is 33.6 Å². The summed E-state index contributed by atoms with van der Waals surface area (Å²) in [6.45, 7) is 8.87. The van der Waals surface area contributed by atoms with Gasteiger partial charge in [-0.2, -0.15) is 0 Å². The average Bonchev–Trinajstić information content (AvgIpc) is 3.79. The number of fused-ring (bicyclic) bond motifs is 2. The van der Waals surface area contributed by atoms with Crippen molar-refractivity contribution < 1.29 is 9.59 Å². The summed E-state index contributed by atoms with van der Waals surface area (Å²) in [6, 6.07) is 42.5. The van der Waals surface area contributed by atoms with Gasteiger partial charge in [-0.3, -0.25) is 38.3 Å². The van der Waals surface area contributed by atoms with E-state index in [0.717, 1.165) is 40.4 Å². The summed E-state index contributed by atoms with van der Waals surface area (Å²) < 4.78 is 4.07. The first-order valence-electron chi connectivity index (χ1n) is 22.0. The molecular formula is C52H51N9O4. The summed E-state index contributed by atoms with van der Waals surface area (Å²) in [5, 5.41) is 7.84. The van der Waals surface area contributed by atoms with Gasteiger partial charge in [-0.1, -0.05) is 86.6 Å². The maximum absolute atomic E-state index is 13.2. The molecule has 0 spiro atoms. The molecule has 0 bridgehead atoms. The quantitative estimate of drug-likeness (QED) is 0.153. The van der Waals surface area contributed by atoms with Gasteiger partial charge in [-0.15, -0.1) is 0 Å². The van der Waals surface area contributed by atoms with Gasteiger partial charge in [0.05, 0.1) is 45.6 Å². The van der Waals surface area contributed by atoms with E-state index in [2.05, 4.69) is 30.1 Å². The number of para-hydroxylation sites is 4. The Kier molecular flexibility index (Phi) is 13.4. The highest BCUT2D eigenvalue weighted by Gasteiger charge is 2.27. The maximum Gasteiger partial charge on any atom is 0.227 e. The van der Waals surface area contributed by atoms with Gasteiger partial charge >= 0.3 is 0 Å². The molecule has 2 aliphatic heterocycles. The maximum atomic E-state index is 13.2. The number of aromatic nitrogens is 4. The molecule has 10 rings (SSSR count). The number of benzene rings is 4. The SMILES string of the molecule is CC.CC(=O)N1CCN(c2cncc3c(=O)cc(Nc4ccccc4)n(-c4ccccc4)c23)CC1.O=C1CCCN1c1cncc2c(=O)cc(Nc3ccccc3)n(-c3ccccc3)c12. The van der Waals surface area contributed by atoms with Gasteiger partial charge < -0.3 is 25.3 Å². The van der Waals surface area contributed by atoms with E-state index >= 15 is 0 Å². The average molecular weight is 866 g/mol. The molecule has 13 nitrogen and oxygen atoms in total. The van der Waals surface area contributed by atoms with Crippen molar-refractivity contribution in [1.82, 2.24) is 24.0 Å². The van der Waals surface area contributed by atoms with Crippen molar-refractivity contribution in [2.24, 2.45) is 0 Å². The molecule has 0 radical (unpaired) electrons. The zero-order valence-electron chi connectivity index (χ0n) is 36.7. The van der Waals surface area contributed by atoms with Gasteiger partial charge in [0.2, 0.25) is 11.8 Å². The van der Waals surface area contributed by atoms with E-state index < -0.39 is 0 Å². The van der Waals surface area contributed by atoms with Crippen molar-refractivity contribution in [3.05, 3.63) is 179 Å². The minimum absolute atomic E-state index is 0.0535. The number of hydrogen-bond donors (Lipinski definition) is 2. The van der Waals surface area contributed by atoms with Gasteiger partial charge in [0, 0.05) is 93.3 Å². The van der Waals surface area contributed by atoms with Crippen LogP contribution in [0, 0.1) is 0 Å². The lowest BCUT2D eigenvalue weighted by atomic mass is 10.1. The number of nitrogens with zero attached hydrogens (tertiary/aromatic N) is 7. The second-order valence-corrected chi connectivity index (χ2v) is 15.4. The summed E-state index contributed by atoms with van der Waals surface area (Å²) in [7, 11) is 0. The molecule has 2 saturated heterocycles. The first-order valence-corrected chi connectivity index (χ1v) is 22.0. The molecule has 2 amide bonds. The summed E-state index contributed by atoms with van der Waals surface area (Å²) in [4.78, 5) is 65.0. The predicted octanol–water partition coefficient (Wildman–Crippen LogP) is 9.08. The summed E-state index contributed by atoms with van der Waals surface area (Å²) >= 11 is 0. The topological polar surface area (TPSA) is 138 Å². The zero-order chi connectivity index (χ0) is 45.3. The van der Waals surface area contributed by atoms with Gasteiger partial charge in [0.15, 0.2) is 10.9 Å². The fourth-order valence-corrected chi connectivity index (χ4v) is 8.30. The molecular weight excluding hydrogens is 815 g/mol. The van der Waals surface area contributed by atoms with E-state index in [1.165, 1.54) is 0 Å². The molecule has 6 heterocycles. The van der Waals surface area contributed by atoms with Crippen LogP contribution in [-0.2, 0) is 9.59 Å². The van der Waals surface area contributed by atoms with Crippen LogP contribution >= 0.6 is 0 Å². The third-order valence-electron chi connectivity index (χ3n) is 11.3. The Morgan fingerprint density at radius 2 is 0.969 bits per heavy atom. The normalized spacial score (nSPS) is 13.5. The summed E-state index contributed by atoms with van der Waals surface area (Å²) in [5.41, 5.74) is 6.39. The van der Waals surface area contributed by atoms with Crippen LogP contribution in [0.2, 0.25) is 0 Å². The van der Waals surface area contributed by atoms with Gasteiger partial charge in [-0.25, -0.2) is 0 Å². The van der Waals surface area contributed by atoms with Gasteiger partial charge in [-0.05, 0) is 55.0 Å². The number of carbonyl (C=O) groups excluding carboxylic acids is 2. The van der Waals surface area contributed by atoms with Crippen LogP contribution in [-0.4, -0.2) is 68.5 Å². The Morgan fingerprint density at radius 3 is 1.40 bits per heavy atom. The molecule has 328 valence electrons. The van der Waals surface area contributed by atoms with Crippen molar-refractivity contribution in [3.8, 4) is 11.4 Å². The number of carbonyl (C=O) groups is 2. The zero-order valence-corrected chi connectivity index (χ0v) is 36.7. The van der Waals surface area contributed by atoms with Crippen LogP contribution in [0.15, 0.2) is 168 Å². The highest BCUT2D eigenvalue weighted by atomic mass is 16.2. The first kappa shape index (κ1) is 43.6. The van der Waals surface area contributed by atoms with E-state index in [4.69, 9.17) is 0 Å². The van der Waals surface area contributed by atoms with Crippen LogP contribution in [0.25, 0.3) is 33.2 Å². The number of rotatable bonds is 8. The predicted molar refractivity (Wildman–Crippen MR) is 262 cm³/mol. The molecule has 2 fully saturated rings. The number of hydrogen-bond acceptors (Lipinski definition) is 9. The van der Waals surface area contributed by atoms with E-state index in [9.17, 15) is 19.2 Å². The van der Waals surface area contributed by atoms with Crippen LogP contribution in [0.1, 0.15) is 33.6 Å². The number of nitrogens with one attached hydrogen (secondary N) is 2. The molecule has 65 heavy (non-hydrogen) atoms. The molecule has 2 N–H and O–H groups in total. The molecule has 13 heteroatoms. The second-order valence-electron chi connectivity index (χ2n) is 15.4. The molecule has 4 aromatic carbocycles. The molecule has 0 aliphatic carbocycles. The minimum atomic E-state index is -0.142. The van der Waals surface area contributed by atoms with E-state index in [-0.39, 0.29) is 22.7 Å². The van der Waals surface area contributed by atoms with Crippen molar-refractivity contribution in [2.75, 3.05) is 53.2 Å². The Bertz CT molecular complexity index is 3040.